The van der Waals surface area contributed by atoms with Crippen molar-refractivity contribution in [2.45, 2.75) is 25.5 Å². The zero-order chi connectivity index (χ0) is 17.9. The van der Waals surface area contributed by atoms with E-state index < -0.39 is 5.60 Å². The van der Waals surface area contributed by atoms with Crippen LogP contribution in [0.15, 0.2) is 58.6 Å². The molecule has 1 aromatic carbocycles. The number of benzene rings is 1. The average molecular weight is 392 g/mol. The van der Waals surface area contributed by atoms with Crippen molar-refractivity contribution >= 4 is 40.2 Å². The van der Waals surface area contributed by atoms with Crippen LogP contribution in [0, 0.1) is 0 Å². The summed E-state index contributed by atoms with van der Waals surface area (Å²) >= 11 is 9.13. The maximum atomic E-state index is 12.9. The van der Waals surface area contributed by atoms with E-state index >= 15 is 0 Å². The molecule has 1 N–H and O–H groups in total. The summed E-state index contributed by atoms with van der Waals surface area (Å²) in [7, 11) is 0. The average Bonchev–Trinajstić information content (AvgIpc) is 3.28. The van der Waals surface area contributed by atoms with E-state index in [1.54, 1.807) is 60.8 Å². The van der Waals surface area contributed by atoms with E-state index in [4.69, 9.17) is 16.3 Å². The molecule has 0 spiro atoms. The van der Waals surface area contributed by atoms with Gasteiger partial charge in [-0.15, -0.1) is 11.3 Å². The molecule has 6 heteroatoms. The summed E-state index contributed by atoms with van der Waals surface area (Å²) in [5, 5.41) is 9.83. The number of nitrogens with one attached hydrogen (secondary N) is 1. The van der Waals surface area contributed by atoms with Gasteiger partial charge in [-0.2, -0.15) is 11.3 Å². The van der Waals surface area contributed by atoms with Crippen molar-refractivity contribution in [2.75, 3.05) is 0 Å². The van der Waals surface area contributed by atoms with Crippen LogP contribution in [0.25, 0.3) is 0 Å². The molecule has 25 heavy (non-hydrogen) atoms. The van der Waals surface area contributed by atoms with Gasteiger partial charge in [-0.1, -0.05) is 17.7 Å². The standard InChI is InChI=1S/C19H18ClNO2S2/c1-19(2,23-15-7-5-14(20)6-8-15)18(22)21-17(13-9-11-24-12-13)16-4-3-10-25-16/h3-12,17H,1-2H3,(H,21,22)/t17-/m0/s1. The first-order chi connectivity index (χ1) is 12.0. The SMILES string of the molecule is CC(C)(Oc1ccc(Cl)cc1)C(=O)N[C@@H](c1ccsc1)c1cccs1. The van der Waals surface area contributed by atoms with Crippen LogP contribution in [0.3, 0.4) is 0 Å². The molecule has 1 amide bonds. The molecule has 0 aliphatic carbocycles. The van der Waals surface area contributed by atoms with Crippen molar-refractivity contribution in [1.29, 1.82) is 0 Å². The lowest BCUT2D eigenvalue weighted by Gasteiger charge is -2.28. The van der Waals surface area contributed by atoms with Gasteiger partial charge in [0.2, 0.25) is 0 Å². The lowest BCUT2D eigenvalue weighted by molar-refractivity contribution is -0.134. The Morgan fingerprint density at radius 1 is 1.16 bits per heavy atom. The summed E-state index contributed by atoms with van der Waals surface area (Å²) in [5.41, 5.74) is 0.0578. The predicted molar refractivity (Wildman–Crippen MR) is 105 cm³/mol. The maximum Gasteiger partial charge on any atom is 0.264 e. The first kappa shape index (κ1) is 18.0. The molecule has 0 fully saturated rings. The molecule has 2 heterocycles. The normalized spacial score (nSPS) is 12.6. The Labute approximate surface area is 160 Å². The number of carbonyl (C=O) groups is 1. The minimum Gasteiger partial charge on any atom is -0.478 e. The van der Waals surface area contributed by atoms with E-state index in [0.717, 1.165) is 10.4 Å². The molecule has 3 nitrogen and oxygen atoms in total. The van der Waals surface area contributed by atoms with Gasteiger partial charge >= 0.3 is 0 Å². The number of hydrogen-bond acceptors (Lipinski definition) is 4. The Hall–Kier alpha value is -1.82. The fourth-order valence-corrected chi connectivity index (χ4v) is 3.98. The summed E-state index contributed by atoms with van der Waals surface area (Å²) in [6.07, 6.45) is 0. The van der Waals surface area contributed by atoms with Crippen LogP contribution in [0.4, 0.5) is 0 Å². The van der Waals surface area contributed by atoms with Gasteiger partial charge in [0.15, 0.2) is 5.60 Å². The molecule has 0 aliphatic heterocycles. The quantitative estimate of drug-likeness (QED) is 0.600. The smallest absolute Gasteiger partial charge is 0.264 e. The van der Waals surface area contributed by atoms with E-state index in [1.807, 2.05) is 29.0 Å². The third kappa shape index (κ3) is 4.42. The highest BCUT2D eigenvalue weighted by Gasteiger charge is 2.32. The van der Waals surface area contributed by atoms with Crippen molar-refractivity contribution in [2.24, 2.45) is 0 Å². The van der Waals surface area contributed by atoms with Crippen molar-refractivity contribution in [3.63, 3.8) is 0 Å². The number of thiophene rings is 2. The minimum atomic E-state index is -1.01. The van der Waals surface area contributed by atoms with Gasteiger partial charge in [0.25, 0.3) is 5.91 Å². The van der Waals surface area contributed by atoms with Crippen molar-refractivity contribution < 1.29 is 9.53 Å². The third-order valence-corrected chi connectivity index (χ3v) is 5.60. The first-order valence-electron chi connectivity index (χ1n) is 7.77. The van der Waals surface area contributed by atoms with Gasteiger partial charge < -0.3 is 10.1 Å². The van der Waals surface area contributed by atoms with E-state index in [-0.39, 0.29) is 11.9 Å². The summed E-state index contributed by atoms with van der Waals surface area (Å²) in [6.45, 7) is 3.52. The number of halogens is 1. The van der Waals surface area contributed by atoms with Gasteiger partial charge in [-0.05, 0) is 71.9 Å². The first-order valence-corrected chi connectivity index (χ1v) is 9.97. The van der Waals surface area contributed by atoms with Crippen molar-refractivity contribution in [1.82, 2.24) is 5.32 Å². The lowest BCUT2D eigenvalue weighted by Crippen LogP contribution is -2.47. The number of hydrogen-bond donors (Lipinski definition) is 1. The van der Waals surface area contributed by atoms with E-state index in [2.05, 4.69) is 10.7 Å². The monoisotopic (exact) mass is 391 g/mol. The van der Waals surface area contributed by atoms with Crippen LogP contribution in [0.1, 0.15) is 30.3 Å². The molecule has 0 radical (unpaired) electrons. The second-order valence-corrected chi connectivity index (χ2v) is 8.24. The molecular weight excluding hydrogens is 374 g/mol. The van der Waals surface area contributed by atoms with Crippen LogP contribution >= 0.6 is 34.3 Å². The topological polar surface area (TPSA) is 38.3 Å². The van der Waals surface area contributed by atoms with Gasteiger partial charge in [0.05, 0.1) is 6.04 Å². The second-order valence-electron chi connectivity index (χ2n) is 6.04. The van der Waals surface area contributed by atoms with E-state index in [0.29, 0.717) is 10.8 Å². The highest BCUT2D eigenvalue weighted by Crippen LogP contribution is 2.29. The Morgan fingerprint density at radius 2 is 1.92 bits per heavy atom. The Morgan fingerprint density at radius 3 is 2.52 bits per heavy atom. The molecule has 0 saturated carbocycles. The third-order valence-electron chi connectivity index (χ3n) is 3.71. The van der Waals surface area contributed by atoms with Crippen LogP contribution in [0.5, 0.6) is 5.75 Å². The molecule has 0 unspecified atom stereocenters. The predicted octanol–water partition coefficient (Wildman–Crippen LogP) is 5.53. The molecule has 0 aliphatic rings. The lowest BCUT2D eigenvalue weighted by atomic mass is 10.0. The largest absolute Gasteiger partial charge is 0.478 e. The van der Waals surface area contributed by atoms with Crippen molar-refractivity contribution in [3.8, 4) is 5.75 Å². The van der Waals surface area contributed by atoms with E-state index in [9.17, 15) is 4.79 Å². The Bertz CT molecular complexity index is 778. The van der Waals surface area contributed by atoms with Gasteiger partial charge in [0, 0.05) is 9.90 Å². The van der Waals surface area contributed by atoms with Crippen molar-refractivity contribution in [3.05, 3.63) is 74.1 Å². The molecule has 3 aromatic rings. The maximum absolute atomic E-state index is 12.9. The molecule has 1 atom stereocenters. The highest BCUT2D eigenvalue weighted by molar-refractivity contribution is 7.10. The van der Waals surface area contributed by atoms with E-state index in [1.165, 1.54) is 0 Å². The zero-order valence-electron chi connectivity index (χ0n) is 13.9. The van der Waals surface area contributed by atoms with Crippen LogP contribution in [-0.2, 0) is 4.79 Å². The summed E-state index contributed by atoms with van der Waals surface area (Å²) in [4.78, 5) is 14.0. The van der Waals surface area contributed by atoms with Gasteiger partial charge in [-0.25, -0.2) is 0 Å². The van der Waals surface area contributed by atoms with Gasteiger partial charge in [-0.3, -0.25) is 4.79 Å². The second kappa shape index (κ2) is 7.60. The fraction of sp³-hybridized carbons (Fsp3) is 0.211. The number of rotatable bonds is 6. The molecule has 130 valence electrons. The Balaban J connectivity index is 1.77. The molecule has 0 saturated heterocycles. The summed E-state index contributed by atoms with van der Waals surface area (Å²) < 4.78 is 5.89. The fourth-order valence-electron chi connectivity index (χ4n) is 2.36. The van der Waals surface area contributed by atoms with Crippen LogP contribution in [-0.4, -0.2) is 11.5 Å². The number of amides is 1. The zero-order valence-corrected chi connectivity index (χ0v) is 16.3. The molecule has 2 aromatic heterocycles. The van der Waals surface area contributed by atoms with Gasteiger partial charge in [0.1, 0.15) is 5.75 Å². The number of carbonyl (C=O) groups excluding carboxylic acids is 1. The molecular formula is C19H18ClNO2S2. The summed E-state index contributed by atoms with van der Waals surface area (Å²) in [5.74, 6) is 0.430. The van der Waals surface area contributed by atoms with Crippen LogP contribution in [0.2, 0.25) is 5.02 Å². The summed E-state index contributed by atoms with van der Waals surface area (Å²) in [6, 6.07) is 12.9. The minimum absolute atomic E-state index is 0.174. The van der Waals surface area contributed by atoms with Crippen LogP contribution < -0.4 is 10.1 Å². The molecule has 0 bridgehead atoms. The number of ether oxygens (including phenoxy) is 1. The highest BCUT2D eigenvalue weighted by atomic mass is 35.5. The Kier molecular flexibility index (Phi) is 5.47. The molecule has 3 rings (SSSR count).